The Hall–Kier alpha value is -1.33. The molecule has 110 valence electrons. The van der Waals surface area contributed by atoms with Crippen molar-refractivity contribution in [2.45, 2.75) is 26.4 Å². The summed E-state index contributed by atoms with van der Waals surface area (Å²) >= 11 is 6.10. The number of aromatic nitrogens is 1. The van der Waals surface area contributed by atoms with E-state index in [1.54, 1.807) is 24.1 Å². The first-order chi connectivity index (χ1) is 9.52. The molecule has 0 spiro atoms. The summed E-state index contributed by atoms with van der Waals surface area (Å²) in [4.78, 5) is 18.3. The number of hydrogen-bond donors (Lipinski definition) is 2. The van der Waals surface area contributed by atoms with Gasteiger partial charge in [0, 0.05) is 31.7 Å². The number of likely N-dealkylation sites (tertiary alicyclic amines) is 1. The molecule has 1 aromatic heterocycles. The lowest BCUT2D eigenvalue weighted by Crippen LogP contribution is -2.30. The van der Waals surface area contributed by atoms with Crippen LogP contribution in [0.2, 0.25) is 5.02 Å². The second-order valence-corrected chi connectivity index (χ2v) is 5.53. The lowest BCUT2D eigenvalue weighted by Gasteiger charge is -2.18. The predicted molar refractivity (Wildman–Crippen MR) is 79.1 cm³/mol. The van der Waals surface area contributed by atoms with Crippen molar-refractivity contribution in [3.8, 4) is 0 Å². The van der Waals surface area contributed by atoms with E-state index in [0.29, 0.717) is 29.5 Å². The van der Waals surface area contributed by atoms with Gasteiger partial charge in [0.1, 0.15) is 5.82 Å². The average Bonchev–Trinajstić information content (AvgIpc) is 2.90. The Kier molecular flexibility index (Phi) is 4.83. The molecule has 2 unspecified atom stereocenters. The molecule has 1 amide bonds. The highest BCUT2D eigenvalue weighted by Gasteiger charge is 2.29. The maximum Gasteiger partial charge on any atom is 0.255 e. The smallest absolute Gasteiger partial charge is 0.255 e. The number of halogens is 1. The Morgan fingerprint density at radius 2 is 2.45 bits per heavy atom. The summed E-state index contributed by atoms with van der Waals surface area (Å²) in [6, 6.07) is 1.64. The zero-order chi connectivity index (χ0) is 14.7. The van der Waals surface area contributed by atoms with E-state index in [-0.39, 0.29) is 17.9 Å². The number of aliphatic hydroxyl groups excluding tert-OH is 1. The van der Waals surface area contributed by atoms with Crippen molar-refractivity contribution in [2.24, 2.45) is 5.92 Å². The Balaban J connectivity index is 2.08. The molecule has 20 heavy (non-hydrogen) atoms. The summed E-state index contributed by atoms with van der Waals surface area (Å²) in [5.74, 6) is 0.669. The van der Waals surface area contributed by atoms with Gasteiger partial charge in [0.25, 0.3) is 5.91 Å². The van der Waals surface area contributed by atoms with Crippen molar-refractivity contribution in [3.05, 3.63) is 22.8 Å². The molecule has 6 heteroatoms. The summed E-state index contributed by atoms with van der Waals surface area (Å²) in [7, 11) is 0. The zero-order valence-corrected chi connectivity index (χ0v) is 12.5. The van der Waals surface area contributed by atoms with Crippen molar-refractivity contribution in [2.75, 3.05) is 25.0 Å². The largest absolute Gasteiger partial charge is 0.393 e. The molecule has 2 atom stereocenters. The van der Waals surface area contributed by atoms with Crippen molar-refractivity contribution in [1.82, 2.24) is 9.88 Å². The Labute approximate surface area is 123 Å². The minimum absolute atomic E-state index is 0.0781. The van der Waals surface area contributed by atoms with Crippen molar-refractivity contribution < 1.29 is 9.90 Å². The van der Waals surface area contributed by atoms with Crippen LogP contribution in [0.15, 0.2) is 12.3 Å². The molecular formula is C14H20ClN3O2. The first-order valence-electron chi connectivity index (χ1n) is 6.89. The molecule has 2 N–H and O–H groups in total. The molecule has 1 fully saturated rings. The summed E-state index contributed by atoms with van der Waals surface area (Å²) in [5, 5.41) is 13.1. The molecule has 2 heterocycles. The molecule has 5 nitrogen and oxygen atoms in total. The van der Waals surface area contributed by atoms with Gasteiger partial charge >= 0.3 is 0 Å². The van der Waals surface area contributed by atoms with Crippen LogP contribution in [0.4, 0.5) is 5.82 Å². The fourth-order valence-corrected chi connectivity index (χ4v) is 2.63. The van der Waals surface area contributed by atoms with E-state index < -0.39 is 0 Å². The second-order valence-electron chi connectivity index (χ2n) is 5.13. The second kappa shape index (κ2) is 6.41. The normalized spacial score (nSPS) is 20.0. The number of hydrogen-bond acceptors (Lipinski definition) is 4. The summed E-state index contributed by atoms with van der Waals surface area (Å²) < 4.78 is 0. The molecule has 0 bridgehead atoms. The van der Waals surface area contributed by atoms with Crippen LogP contribution in [-0.4, -0.2) is 46.6 Å². The number of anilines is 1. The number of carbonyl (C=O) groups excluding carboxylic acids is 1. The van der Waals surface area contributed by atoms with Gasteiger partial charge in [0.15, 0.2) is 0 Å². The number of amides is 1. The van der Waals surface area contributed by atoms with E-state index in [4.69, 9.17) is 11.6 Å². The van der Waals surface area contributed by atoms with Gasteiger partial charge in [-0.1, -0.05) is 11.6 Å². The van der Waals surface area contributed by atoms with Crippen LogP contribution in [0.5, 0.6) is 0 Å². The summed E-state index contributed by atoms with van der Waals surface area (Å²) in [6.45, 7) is 5.70. The maximum absolute atomic E-state index is 12.4. The van der Waals surface area contributed by atoms with Gasteiger partial charge in [0.2, 0.25) is 0 Å². The molecule has 1 aliphatic rings. The lowest BCUT2D eigenvalue weighted by atomic mass is 10.0. The fourth-order valence-electron chi connectivity index (χ4n) is 2.40. The first kappa shape index (κ1) is 15.1. The third-order valence-corrected chi connectivity index (χ3v) is 3.91. The molecule has 0 aliphatic carbocycles. The van der Waals surface area contributed by atoms with Crippen molar-refractivity contribution in [3.63, 3.8) is 0 Å². The van der Waals surface area contributed by atoms with Crippen LogP contribution >= 0.6 is 11.6 Å². The minimum atomic E-state index is -0.384. The van der Waals surface area contributed by atoms with E-state index in [2.05, 4.69) is 10.3 Å². The summed E-state index contributed by atoms with van der Waals surface area (Å²) in [6.07, 6.45) is 1.99. The zero-order valence-electron chi connectivity index (χ0n) is 11.8. The van der Waals surface area contributed by atoms with Gasteiger partial charge in [0.05, 0.1) is 16.7 Å². The Morgan fingerprint density at radius 1 is 1.70 bits per heavy atom. The van der Waals surface area contributed by atoms with Crippen LogP contribution in [0.3, 0.4) is 0 Å². The van der Waals surface area contributed by atoms with E-state index in [9.17, 15) is 9.90 Å². The number of nitrogens with zero attached hydrogens (tertiary/aromatic N) is 2. The van der Waals surface area contributed by atoms with Crippen molar-refractivity contribution in [1.29, 1.82) is 0 Å². The average molecular weight is 298 g/mol. The van der Waals surface area contributed by atoms with Gasteiger partial charge in [-0.05, 0) is 26.3 Å². The van der Waals surface area contributed by atoms with Crippen molar-refractivity contribution >= 4 is 23.3 Å². The monoisotopic (exact) mass is 297 g/mol. The molecule has 2 rings (SSSR count). The Morgan fingerprint density at radius 3 is 3.00 bits per heavy atom. The molecular weight excluding hydrogens is 278 g/mol. The van der Waals surface area contributed by atoms with Crippen LogP contribution in [0.1, 0.15) is 30.6 Å². The highest BCUT2D eigenvalue weighted by atomic mass is 35.5. The van der Waals surface area contributed by atoms with Crippen LogP contribution in [0.25, 0.3) is 0 Å². The van der Waals surface area contributed by atoms with E-state index in [0.717, 1.165) is 13.0 Å². The standard InChI is InChI=1S/C14H20ClN3O2/c1-3-16-13-12(15)6-11(7-17-13)14(20)18-5-4-10(8-18)9(2)19/h6-7,9-10,19H,3-5,8H2,1-2H3,(H,16,17). The topological polar surface area (TPSA) is 65.5 Å². The predicted octanol–water partition coefficient (Wildman–Crippen LogP) is 2.01. The molecule has 1 saturated heterocycles. The van der Waals surface area contributed by atoms with Gasteiger partial charge in [-0.3, -0.25) is 4.79 Å². The maximum atomic E-state index is 12.4. The number of aliphatic hydroxyl groups is 1. The van der Waals surface area contributed by atoms with E-state index in [1.165, 1.54) is 0 Å². The SMILES string of the molecule is CCNc1ncc(C(=O)N2CCC(C(C)O)C2)cc1Cl. The van der Waals surface area contributed by atoms with E-state index >= 15 is 0 Å². The number of rotatable bonds is 4. The highest BCUT2D eigenvalue weighted by molar-refractivity contribution is 6.33. The first-order valence-corrected chi connectivity index (χ1v) is 7.27. The lowest BCUT2D eigenvalue weighted by molar-refractivity contribution is 0.0762. The minimum Gasteiger partial charge on any atom is -0.393 e. The molecule has 0 aromatic carbocycles. The van der Waals surface area contributed by atoms with Crippen LogP contribution < -0.4 is 5.32 Å². The molecule has 0 saturated carbocycles. The number of pyridine rings is 1. The number of nitrogens with one attached hydrogen (secondary N) is 1. The highest BCUT2D eigenvalue weighted by Crippen LogP contribution is 2.24. The fraction of sp³-hybridized carbons (Fsp3) is 0.571. The van der Waals surface area contributed by atoms with Crippen LogP contribution in [0, 0.1) is 5.92 Å². The van der Waals surface area contributed by atoms with Gasteiger partial charge in [-0.25, -0.2) is 4.98 Å². The van der Waals surface area contributed by atoms with Gasteiger partial charge in [-0.15, -0.1) is 0 Å². The summed E-state index contributed by atoms with van der Waals surface area (Å²) in [5.41, 5.74) is 0.489. The quantitative estimate of drug-likeness (QED) is 0.892. The molecule has 1 aromatic rings. The molecule has 0 radical (unpaired) electrons. The Bertz CT molecular complexity index is 493. The van der Waals surface area contributed by atoms with Gasteiger partial charge < -0.3 is 15.3 Å². The van der Waals surface area contributed by atoms with Gasteiger partial charge in [-0.2, -0.15) is 0 Å². The van der Waals surface area contributed by atoms with E-state index in [1.807, 2.05) is 6.92 Å². The molecule has 1 aliphatic heterocycles. The third-order valence-electron chi connectivity index (χ3n) is 3.63. The number of carbonyl (C=O) groups is 1. The van der Waals surface area contributed by atoms with Crippen LogP contribution in [-0.2, 0) is 0 Å². The third kappa shape index (κ3) is 3.22.